The van der Waals surface area contributed by atoms with Crippen LogP contribution in [0.25, 0.3) is 0 Å². The number of alkyl halides is 1. The summed E-state index contributed by atoms with van der Waals surface area (Å²) in [5.74, 6) is 0.564. The molecule has 1 aromatic carbocycles. The van der Waals surface area contributed by atoms with Gasteiger partial charge in [0.05, 0.1) is 24.4 Å². The number of fused-ring (bicyclic) bond motifs is 1. The number of halogens is 2. The molecule has 98 valence electrons. The lowest BCUT2D eigenvalue weighted by Gasteiger charge is -2.39. The van der Waals surface area contributed by atoms with Crippen LogP contribution < -0.4 is 4.90 Å². The monoisotopic (exact) mass is 329 g/mol. The van der Waals surface area contributed by atoms with E-state index in [-0.39, 0.29) is 0 Å². The zero-order valence-electron chi connectivity index (χ0n) is 10.2. The molecule has 1 saturated heterocycles. The number of nitrogens with zero attached hydrogens (tertiary/aromatic N) is 1. The second-order valence-corrected chi connectivity index (χ2v) is 6.14. The first-order valence-corrected chi connectivity index (χ1v) is 7.85. The van der Waals surface area contributed by atoms with Crippen LogP contribution in [0.2, 0.25) is 0 Å². The summed E-state index contributed by atoms with van der Waals surface area (Å²) in [7, 11) is 0. The SMILES string of the molecule is ClCc1ccc(N2CCOC3CCCC32)c(Br)c1. The third-order valence-electron chi connectivity index (χ3n) is 3.96. The van der Waals surface area contributed by atoms with Crippen molar-refractivity contribution in [3.05, 3.63) is 28.2 Å². The van der Waals surface area contributed by atoms with Gasteiger partial charge in [0.25, 0.3) is 0 Å². The molecule has 1 heterocycles. The van der Waals surface area contributed by atoms with Gasteiger partial charge in [0, 0.05) is 16.9 Å². The highest BCUT2D eigenvalue weighted by Crippen LogP contribution is 2.36. The van der Waals surface area contributed by atoms with Crippen LogP contribution in [0.15, 0.2) is 22.7 Å². The predicted molar refractivity (Wildman–Crippen MR) is 78.4 cm³/mol. The molecule has 18 heavy (non-hydrogen) atoms. The van der Waals surface area contributed by atoms with Crippen LogP contribution in [-0.2, 0) is 10.6 Å². The van der Waals surface area contributed by atoms with E-state index in [1.807, 2.05) is 0 Å². The lowest BCUT2D eigenvalue weighted by Crippen LogP contribution is -2.48. The lowest BCUT2D eigenvalue weighted by molar-refractivity contribution is 0.0256. The van der Waals surface area contributed by atoms with E-state index in [0.29, 0.717) is 18.0 Å². The molecule has 3 rings (SSSR count). The fraction of sp³-hybridized carbons (Fsp3) is 0.571. The topological polar surface area (TPSA) is 12.5 Å². The minimum Gasteiger partial charge on any atom is -0.374 e. The van der Waals surface area contributed by atoms with Crippen molar-refractivity contribution in [2.45, 2.75) is 37.3 Å². The number of morpholine rings is 1. The molecular weight excluding hydrogens is 314 g/mol. The molecule has 2 atom stereocenters. The van der Waals surface area contributed by atoms with Crippen molar-refractivity contribution in [3.63, 3.8) is 0 Å². The first kappa shape index (κ1) is 12.8. The Morgan fingerprint density at radius 3 is 3.06 bits per heavy atom. The Balaban J connectivity index is 1.89. The van der Waals surface area contributed by atoms with Crippen LogP contribution in [-0.4, -0.2) is 25.3 Å². The molecule has 4 heteroatoms. The molecular formula is C14H17BrClNO. The fourth-order valence-corrected chi connectivity index (χ4v) is 3.91. The summed E-state index contributed by atoms with van der Waals surface area (Å²) in [6.07, 6.45) is 4.16. The van der Waals surface area contributed by atoms with Crippen molar-refractivity contribution in [1.82, 2.24) is 0 Å². The van der Waals surface area contributed by atoms with Gasteiger partial charge in [0.2, 0.25) is 0 Å². The van der Waals surface area contributed by atoms with Gasteiger partial charge in [0.15, 0.2) is 0 Å². The Labute approximate surface area is 121 Å². The van der Waals surface area contributed by atoms with E-state index in [4.69, 9.17) is 16.3 Å². The first-order chi connectivity index (χ1) is 8.79. The van der Waals surface area contributed by atoms with Crippen LogP contribution in [0, 0.1) is 0 Å². The Kier molecular flexibility index (Phi) is 3.83. The minimum atomic E-state index is 0.429. The van der Waals surface area contributed by atoms with Crippen molar-refractivity contribution < 1.29 is 4.74 Å². The Hall–Kier alpha value is -0.250. The maximum absolute atomic E-state index is 5.87. The van der Waals surface area contributed by atoms with Crippen molar-refractivity contribution in [1.29, 1.82) is 0 Å². The molecule has 2 unspecified atom stereocenters. The van der Waals surface area contributed by atoms with Crippen molar-refractivity contribution in [2.75, 3.05) is 18.1 Å². The average molecular weight is 331 g/mol. The van der Waals surface area contributed by atoms with E-state index in [1.54, 1.807) is 0 Å². The largest absolute Gasteiger partial charge is 0.374 e. The third kappa shape index (κ3) is 2.28. The second kappa shape index (κ2) is 5.40. The summed E-state index contributed by atoms with van der Waals surface area (Å²) >= 11 is 9.55. The maximum Gasteiger partial charge on any atom is 0.0779 e. The summed E-state index contributed by atoms with van der Waals surface area (Å²) in [6.45, 7) is 1.82. The molecule has 0 bridgehead atoms. The molecule has 0 N–H and O–H groups in total. The summed E-state index contributed by atoms with van der Waals surface area (Å²) in [4.78, 5) is 2.50. The summed E-state index contributed by atoms with van der Waals surface area (Å²) in [5, 5.41) is 0. The Bertz CT molecular complexity index is 440. The summed E-state index contributed by atoms with van der Waals surface area (Å²) in [6, 6.07) is 6.98. The standard InChI is InChI=1S/C14H17BrClNO/c15-11-8-10(9-16)4-5-12(11)17-6-7-18-14-3-1-2-13(14)17/h4-5,8,13-14H,1-3,6-7,9H2. The van der Waals surface area contributed by atoms with E-state index < -0.39 is 0 Å². The molecule has 0 amide bonds. The van der Waals surface area contributed by atoms with Crippen LogP contribution in [0.1, 0.15) is 24.8 Å². The highest BCUT2D eigenvalue weighted by atomic mass is 79.9. The maximum atomic E-state index is 5.87. The Morgan fingerprint density at radius 1 is 1.39 bits per heavy atom. The van der Waals surface area contributed by atoms with Gasteiger partial charge in [-0.25, -0.2) is 0 Å². The van der Waals surface area contributed by atoms with Gasteiger partial charge in [0.1, 0.15) is 0 Å². The van der Waals surface area contributed by atoms with Crippen molar-refractivity contribution in [3.8, 4) is 0 Å². The lowest BCUT2D eigenvalue weighted by atomic mass is 10.1. The molecule has 1 aliphatic carbocycles. The quantitative estimate of drug-likeness (QED) is 0.761. The van der Waals surface area contributed by atoms with E-state index in [1.165, 1.54) is 24.9 Å². The number of hydrogen-bond acceptors (Lipinski definition) is 2. The molecule has 1 aliphatic heterocycles. The van der Waals surface area contributed by atoms with Crippen LogP contribution in [0.5, 0.6) is 0 Å². The highest BCUT2D eigenvalue weighted by Gasteiger charge is 2.36. The molecule has 2 fully saturated rings. The van der Waals surface area contributed by atoms with E-state index >= 15 is 0 Å². The number of rotatable bonds is 2. The van der Waals surface area contributed by atoms with Crippen LogP contribution in [0.4, 0.5) is 5.69 Å². The van der Waals surface area contributed by atoms with E-state index in [2.05, 4.69) is 39.0 Å². The van der Waals surface area contributed by atoms with Gasteiger partial charge >= 0.3 is 0 Å². The van der Waals surface area contributed by atoms with Gasteiger partial charge < -0.3 is 9.64 Å². The molecule has 0 aromatic heterocycles. The molecule has 2 aliphatic rings. The Morgan fingerprint density at radius 2 is 2.28 bits per heavy atom. The van der Waals surface area contributed by atoms with Crippen LogP contribution in [0.3, 0.4) is 0 Å². The third-order valence-corrected chi connectivity index (χ3v) is 4.90. The molecule has 1 aromatic rings. The van der Waals surface area contributed by atoms with Gasteiger partial charge in [-0.2, -0.15) is 0 Å². The number of benzene rings is 1. The predicted octanol–water partition coefficient (Wildman–Crippen LogP) is 3.95. The normalized spacial score (nSPS) is 27.3. The number of ether oxygens (including phenoxy) is 1. The molecule has 0 spiro atoms. The molecule has 2 nitrogen and oxygen atoms in total. The summed E-state index contributed by atoms with van der Waals surface area (Å²) < 4.78 is 7.01. The average Bonchev–Trinajstić information content (AvgIpc) is 2.87. The van der Waals surface area contributed by atoms with Gasteiger partial charge in [-0.1, -0.05) is 6.07 Å². The van der Waals surface area contributed by atoms with Gasteiger partial charge in [-0.3, -0.25) is 0 Å². The van der Waals surface area contributed by atoms with E-state index in [9.17, 15) is 0 Å². The van der Waals surface area contributed by atoms with Gasteiger partial charge in [-0.15, -0.1) is 11.6 Å². The smallest absolute Gasteiger partial charge is 0.0779 e. The molecule has 1 saturated carbocycles. The fourth-order valence-electron chi connectivity index (χ4n) is 3.09. The zero-order valence-corrected chi connectivity index (χ0v) is 12.6. The van der Waals surface area contributed by atoms with Crippen molar-refractivity contribution >= 4 is 33.2 Å². The van der Waals surface area contributed by atoms with Crippen molar-refractivity contribution in [2.24, 2.45) is 0 Å². The van der Waals surface area contributed by atoms with Crippen LogP contribution >= 0.6 is 27.5 Å². The number of anilines is 1. The first-order valence-electron chi connectivity index (χ1n) is 6.52. The molecule has 0 radical (unpaired) electrons. The summed E-state index contributed by atoms with van der Waals surface area (Å²) in [5.41, 5.74) is 2.44. The minimum absolute atomic E-state index is 0.429. The highest BCUT2D eigenvalue weighted by molar-refractivity contribution is 9.10. The van der Waals surface area contributed by atoms with E-state index in [0.717, 1.165) is 23.2 Å². The number of hydrogen-bond donors (Lipinski definition) is 0. The van der Waals surface area contributed by atoms with Gasteiger partial charge in [-0.05, 0) is 52.9 Å². The zero-order chi connectivity index (χ0) is 12.5. The second-order valence-electron chi connectivity index (χ2n) is 5.02.